The molecule has 0 aliphatic carbocycles. The van der Waals surface area contributed by atoms with Gasteiger partial charge in [-0.3, -0.25) is 0 Å². The minimum Gasteiger partial charge on any atom is -0.416 e. The van der Waals surface area contributed by atoms with Gasteiger partial charge in [0.2, 0.25) is 11.8 Å². The molecule has 6 aromatic carbocycles. The smallest absolute Gasteiger partial charge is 0.249 e. The quantitative estimate of drug-likeness (QED) is 0.254. The van der Waals surface area contributed by atoms with Crippen molar-refractivity contribution in [3.8, 4) is 34.0 Å². The fourth-order valence-electron chi connectivity index (χ4n) is 5.12. The summed E-state index contributed by atoms with van der Waals surface area (Å²) >= 11 is 0. The summed E-state index contributed by atoms with van der Waals surface area (Å²) in [6, 6.07) is 41.9. The molecule has 0 saturated carbocycles. The van der Waals surface area contributed by atoms with Crippen LogP contribution in [-0.4, -0.2) is 10.2 Å². The average molecular weight is 449 g/mol. The molecule has 0 radical (unpaired) electrons. The van der Waals surface area contributed by atoms with Gasteiger partial charge in [-0.1, -0.05) is 115 Å². The van der Waals surface area contributed by atoms with Crippen molar-refractivity contribution in [1.82, 2.24) is 10.2 Å². The third kappa shape index (κ3) is 3.13. The van der Waals surface area contributed by atoms with Gasteiger partial charge in [-0.15, -0.1) is 10.2 Å². The highest BCUT2D eigenvalue weighted by Gasteiger charge is 2.20. The lowest BCUT2D eigenvalue weighted by molar-refractivity contribution is 0.586. The van der Waals surface area contributed by atoms with Gasteiger partial charge in [-0.05, 0) is 49.5 Å². The lowest BCUT2D eigenvalue weighted by Gasteiger charge is -2.15. The highest BCUT2D eigenvalue weighted by atomic mass is 16.4. The largest absolute Gasteiger partial charge is 0.416 e. The maximum atomic E-state index is 6.40. The van der Waals surface area contributed by atoms with E-state index in [4.69, 9.17) is 4.42 Å². The van der Waals surface area contributed by atoms with E-state index in [-0.39, 0.29) is 0 Å². The first kappa shape index (κ1) is 19.7. The van der Waals surface area contributed by atoms with Crippen LogP contribution in [0.2, 0.25) is 0 Å². The second kappa shape index (κ2) is 7.93. The summed E-state index contributed by atoms with van der Waals surface area (Å²) in [5.41, 5.74) is 4.31. The van der Waals surface area contributed by atoms with E-state index in [1.165, 1.54) is 11.1 Å². The van der Waals surface area contributed by atoms with Crippen molar-refractivity contribution in [2.24, 2.45) is 0 Å². The van der Waals surface area contributed by atoms with Gasteiger partial charge in [0.1, 0.15) is 0 Å². The average Bonchev–Trinajstić information content (AvgIpc) is 3.41. The van der Waals surface area contributed by atoms with E-state index in [0.717, 1.165) is 43.4 Å². The molecule has 0 bridgehead atoms. The van der Waals surface area contributed by atoms with Crippen molar-refractivity contribution in [1.29, 1.82) is 0 Å². The summed E-state index contributed by atoms with van der Waals surface area (Å²) in [7, 11) is 0. The molecule has 3 nitrogen and oxygen atoms in total. The second-order valence-electron chi connectivity index (χ2n) is 8.65. The minimum absolute atomic E-state index is 0.525. The van der Waals surface area contributed by atoms with E-state index in [9.17, 15) is 0 Å². The molecule has 1 aromatic heterocycles. The number of hydrogen-bond acceptors (Lipinski definition) is 3. The SMILES string of the molecule is c1ccc(-c2c3ccccc3c(-c3nnc(-c4cccc5ccccc45)o3)c3ccccc23)cc1. The van der Waals surface area contributed by atoms with Crippen LogP contribution in [0.25, 0.3) is 66.4 Å². The zero-order valence-electron chi connectivity index (χ0n) is 18.8. The molecule has 0 saturated heterocycles. The molecule has 0 amide bonds. The molecule has 0 N–H and O–H groups in total. The summed E-state index contributed by atoms with van der Waals surface area (Å²) in [5.74, 6) is 1.05. The first-order valence-corrected chi connectivity index (χ1v) is 11.7. The van der Waals surface area contributed by atoms with Crippen LogP contribution in [0.1, 0.15) is 0 Å². The van der Waals surface area contributed by atoms with E-state index in [1.54, 1.807) is 0 Å². The van der Waals surface area contributed by atoms with Gasteiger partial charge >= 0.3 is 0 Å². The Kier molecular flexibility index (Phi) is 4.46. The topological polar surface area (TPSA) is 38.9 Å². The van der Waals surface area contributed by atoms with E-state index in [2.05, 4.69) is 107 Å². The normalized spacial score (nSPS) is 11.4. The molecule has 3 heteroatoms. The van der Waals surface area contributed by atoms with Crippen molar-refractivity contribution in [3.63, 3.8) is 0 Å². The van der Waals surface area contributed by atoms with Crippen LogP contribution in [0.4, 0.5) is 0 Å². The van der Waals surface area contributed by atoms with E-state index in [0.29, 0.717) is 11.8 Å². The summed E-state index contributed by atoms with van der Waals surface area (Å²) in [4.78, 5) is 0. The first-order chi connectivity index (χ1) is 17.4. The third-order valence-electron chi connectivity index (χ3n) is 6.65. The molecular weight excluding hydrogens is 428 g/mol. The molecule has 7 rings (SSSR count). The Morgan fingerprint density at radius 2 is 0.914 bits per heavy atom. The van der Waals surface area contributed by atoms with Gasteiger partial charge in [-0.25, -0.2) is 0 Å². The number of aromatic nitrogens is 2. The molecule has 0 aliphatic rings. The van der Waals surface area contributed by atoms with Crippen LogP contribution in [0.5, 0.6) is 0 Å². The molecule has 0 fully saturated rings. The number of fused-ring (bicyclic) bond motifs is 3. The van der Waals surface area contributed by atoms with Crippen molar-refractivity contribution < 1.29 is 4.42 Å². The van der Waals surface area contributed by atoms with Crippen LogP contribution < -0.4 is 0 Å². The lowest BCUT2D eigenvalue weighted by atomic mass is 9.88. The number of benzene rings is 6. The summed E-state index contributed by atoms with van der Waals surface area (Å²) in [5, 5.41) is 15.8. The molecule has 0 atom stereocenters. The van der Waals surface area contributed by atoms with Crippen molar-refractivity contribution in [3.05, 3.63) is 121 Å². The molecule has 0 spiro atoms. The van der Waals surface area contributed by atoms with Gasteiger partial charge < -0.3 is 4.42 Å². The van der Waals surface area contributed by atoms with Crippen LogP contribution in [-0.2, 0) is 0 Å². The van der Waals surface area contributed by atoms with Crippen molar-refractivity contribution in [2.45, 2.75) is 0 Å². The fraction of sp³-hybridized carbons (Fsp3) is 0. The monoisotopic (exact) mass is 448 g/mol. The van der Waals surface area contributed by atoms with Crippen LogP contribution in [0, 0.1) is 0 Å². The Labute approximate surface area is 202 Å². The van der Waals surface area contributed by atoms with Crippen LogP contribution in [0.15, 0.2) is 126 Å². The molecule has 35 heavy (non-hydrogen) atoms. The highest BCUT2D eigenvalue weighted by molar-refractivity contribution is 6.20. The molecular formula is C32H20N2O. The predicted molar refractivity (Wildman–Crippen MR) is 143 cm³/mol. The zero-order valence-corrected chi connectivity index (χ0v) is 18.8. The number of nitrogens with zero attached hydrogens (tertiary/aromatic N) is 2. The van der Waals surface area contributed by atoms with Gasteiger partial charge in [0.15, 0.2) is 0 Å². The Morgan fingerprint density at radius 1 is 0.400 bits per heavy atom. The Balaban J connectivity index is 1.52. The van der Waals surface area contributed by atoms with Gasteiger partial charge in [0.05, 0.1) is 5.56 Å². The summed E-state index contributed by atoms with van der Waals surface area (Å²) in [6.07, 6.45) is 0. The maximum absolute atomic E-state index is 6.40. The molecule has 0 aliphatic heterocycles. The molecule has 164 valence electrons. The Bertz CT molecular complexity index is 1790. The molecule has 1 heterocycles. The second-order valence-corrected chi connectivity index (χ2v) is 8.65. The zero-order chi connectivity index (χ0) is 23.2. The van der Waals surface area contributed by atoms with Gasteiger partial charge in [-0.2, -0.15) is 0 Å². The lowest BCUT2D eigenvalue weighted by Crippen LogP contribution is -1.90. The van der Waals surface area contributed by atoms with E-state index < -0.39 is 0 Å². The molecule has 0 unspecified atom stereocenters. The number of hydrogen-bond donors (Lipinski definition) is 0. The Morgan fingerprint density at radius 3 is 1.60 bits per heavy atom. The standard InChI is InChI=1S/C32H20N2O/c1-2-12-22(13-3-1)29-24-16-6-8-18-26(24)30(27-19-9-7-17-25(27)29)32-34-33-31(35-32)28-20-10-14-21-11-4-5-15-23(21)28/h1-20H. The Hall–Kier alpha value is -4.76. The van der Waals surface area contributed by atoms with Gasteiger partial charge in [0, 0.05) is 5.56 Å². The third-order valence-corrected chi connectivity index (χ3v) is 6.65. The van der Waals surface area contributed by atoms with E-state index >= 15 is 0 Å². The predicted octanol–water partition coefficient (Wildman–Crippen LogP) is 8.53. The van der Waals surface area contributed by atoms with Crippen molar-refractivity contribution >= 4 is 32.3 Å². The fourth-order valence-corrected chi connectivity index (χ4v) is 5.12. The van der Waals surface area contributed by atoms with Crippen LogP contribution >= 0.6 is 0 Å². The summed E-state index contributed by atoms with van der Waals surface area (Å²) < 4.78 is 6.40. The van der Waals surface area contributed by atoms with Crippen molar-refractivity contribution in [2.75, 3.05) is 0 Å². The summed E-state index contributed by atoms with van der Waals surface area (Å²) in [6.45, 7) is 0. The highest BCUT2D eigenvalue weighted by Crippen LogP contribution is 2.43. The van der Waals surface area contributed by atoms with Crippen LogP contribution in [0.3, 0.4) is 0 Å². The molecule has 7 aromatic rings. The first-order valence-electron chi connectivity index (χ1n) is 11.7. The maximum Gasteiger partial charge on any atom is 0.249 e. The number of rotatable bonds is 3. The van der Waals surface area contributed by atoms with Gasteiger partial charge in [0.25, 0.3) is 0 Å². The van der Waals surface area contributed by atoms with E-state index in [1.807, 2.05) is 24.3 Å². The minimum atomic E-state index is 0.525.